The van der Waals surface area contributed by atoms with Crippen LogP contribution < -0.4 is 5.32 Å². The van der Waals surface area contributed by atoms with E-state index in [0.29, 0.717) is 0 Å². The van der Waals surface area contributed by atoms with Crippen molar-refractivity contribution < 1.29 is 5.11 Å². The summed E-state index contributed by atoms with van der Waals surface area (Å²) in [7, 11) is 0. The van der Waals surface area contributed by atoms with Gasteiger partial charge in [0.15, 0.2) is 0 Å². The molecule has 0 aliphatic heterocycles. The first-order valence-electron chi connectivity index (χ1n) is 5.25. The lowest BCUT2D eigenvalue weighted by atomic mass is 9.99. The van der Waals surface area contributed by atoms with Crippen LogP contribution in [-0.4, -0.2) is 22.2 Å². The number of hydrogen-bond donors (Lipinski definition) is 2. The van der Waals surface area contributed by atoms with E-state index in [9.17, 15) is 5.11 Å². The second-order valence-corrected chi connectivity index (χ2v) is 5.05. The highest BCUT2D eigenvalue weighted by Crippen LogP contribution is 2.32. The maximum absolute atomic E-state index is 9.43. The largest absolute Gasteiger partial charge is 0.394 e. The van der Waals surface area contributed by atoms with Crippen LogP contribution in [0, 0.1) is 0 Å². The fourth-order valence-electron chi connectivity index (χ4n) is 2.10. The average molecular weight is 271 g/mol. The molecule has 0 saturated heterocycles. The SMILES string of the molecule is OCC1(Nc2ccc(Br)cn2)CCCC1. The second-order valence-electron chi connectivity index (χ2n) is 4.13. The van der Waals surface area contributed by atoms with Crippen molar-refractivity contribution in [2.75, 3.05) is 11.9 Å². The molecule has 0 spiro atoms. The molecule has 1 aliphatic carbocycles. The van der Waals surface area contributed by atoms with Crippen molar-refractivity contribution in [1.82, 2.24) is 4.98 Å². The quantitative estimate of drug-likeness (QED) is 0.888. The van der Waals surface area contributed by atoms with E-state index in [1.54, 1.807) is 6.20 Å². The molecule has 0 bridgehead atoms. The van der Waals surface area contributed by atoms with E-state index in [1.165, 1.54) is 12.8 Å². The number of aromatic nitrogens is 1. The zero-order valence-corrected chi connectivity index (χ0v) is 10.1. The number of halogens is 1. The Hall–Kier alpha value is -0.610. The van der Waals surface area contributed by atoms with Crippen LogP contribution in [0.3, 0.4) is 0 Å². The van der Waals surface area contributed by atoms with Gasteiger partial charge >= 0.3 is 0 Å². The molecule has 15 heavy (non-hydrogen) atoms. The van der Waals surface area contributed by atoms with Gasteiger partial charge in [-0.25, -0.2) is 4.98 Å². The van der Waals surface area contributed by atoms with Crippen LogP contribution >= 0.6 is 15.9 Å². The number of hydrogen-bond acceptors (Lipinski definition) is 3. The van der Waals surface area contributed by atoms with E-state index >= 15 is 0 Å². The molecule has 1 aliphatic rings. The summed E-state index contributed by atoms with van der Waals surface area (Å²) in [6.07, 6.45) is 6.19. The molecule has 1 fully saturated rings. The molecule has 1 aromatic rings. The summed E-state index contributed by atoms with van der Waals surface area (Å²) in [5.41, 5.74) is -0.138. The summed E-state index contributed by atoms with van der Waals surface area (Å²) in [5.74, 6) is 0.842. The van der Waals surface area contributed by atoms with Crippen LogP contribution in [0.5, 0.6) is 0 Å². The van der Waals surface area contributed by atoms with E-state index in [2.05, 4.69) is 26.2 Å². The number of aliphatic hydroxyl groups is 1. The number of aliphatic hydroxyl groups excluding tert-OH is 1. The van der Waals surface area contributed by atoms with Crippen molar-refractivity contribution in [2.45, 2.75) is 31.2 Å². The van der Waals surface area contributed by atoms with Crippen molar-refractivity contribution in [3.8, 4) is 0 Å². The number of rotatable bonds is 3. The number of anilines is 1. The second kappa shape index (κ2) is 4.49. The van der Waals surface area contributed by atoms with Crippen molar-refractivity contribution in [1.29, 1.82) is 0 Å². The van der Waals surface area contributed by atoms with Gasteiger partial charge in [0.2, 0.25) is 0 Å². The van der Waals surface area contributed by atoms with E-state index in [1.807, 2.05) is 12.1 Å². The first-order valence-corrected chi connectivity index (χ1v) is 6.04. The fourth-order valence-corrected chi connectivity index (χ4v) is 2.33. The van der Waals surface area contributed by atoms with Gasteiger partial charge in [0.25, 0.3) is 0 Å². The van der Waals surface area contributed by atoms with Crippen LogP contribution in [0.15, 0.2) is 22.8 Å². The van der Waals surface area contributed by atoms with E-state index in [0.717, 1.165) is 23.1 Å². The Balaban J connectivity index is 2.09. The minimum atomic E-state index is -0.138. The Bertz CT molecular complexity index is 320. The van der Waals surface area contributed by atoms with Crippen LogP contribution in [0.1, 0.15) is 25.7 Å². The van der Waals surface area contributed by atoms with Crippen molar-refractivity contribution in [3.05, 3.63) is 22.8 Å². The van der Waals surface area contributed by atoms with Crippen molar-refractivity contribution in [2.24, 2.45) is 0 Å². The smallest absolute Gasteiger partial charge is 0.126 e. The van der Waals surface area contributed by atoms with E-state index in [4.69, 9.17) is 0 Å². The summed E-state index contributed by atoms with van der Waals surface area (Å²) in [4.78, 5) is 4.27. The van der Waals surface area contributed by atoms with Gasteiger partial charge in [0, 0.05) is 10.7 Å². The van der Waals surface area contributed by atoms with Gasteiger partial charge < -0.3 is 10.4 Å². The molecule has 4 heteroatoms. The predicted octanol–water partition coefficient (Wildman–Crippen LogP) is 2.56. The van der Waals surface area contributed by atoms with Crippen LogP contribution in [-0.2, 0) is 0 Å². The third-order valence-corrected chi connectivity index (χ3v) is 3.45. The minimum absolute atomic E-state index is 0.138. The molecule has 0 amide bonds. The van der Waals surface area contributed by atoms with Crippen LogP contribution in [0.25, 0.3) is 0 Å². The van der Waals surface area contributed by atoms with Crippen molar-refractivity contribution in [3.63, 3.8) is 0 Å². The highest BCUT2D eigenvalue weighted by atomic mass is 79.9. The summed E-state index contributed by atoms with van der Waals surface area (Å²) >= 11 is 3.35. The number of nitrogens with one attached hydrogen (secondary N) is 1. The van der Waals surface area contributed by atoms with Gasteiger partial charge in [-0.1, -0.05) is 12.8 Å². The normalized spacial score (nSPS) is 19.1. The van der Waals surface area contributed by atoms with Crippen LogP contribution in [0.2, 0.25) is 0 Å². The molecule has 0 atom stereocenters. The zero-order chi connectivity index (χ0) is 10.7. The Kier molecular flexibility index (Phi) is 3.26. The topological polar surface area (TPSA) is 45.1 Å². The van der Waals surface area contributed by atoms with Crippen LogP contribution in [0.4, 0.5) is 5.82 Å². The van der Waals surface area contributed by atoms with Gasteiger partial charge in [-0.3, -0.25) is 0 Å². The predicted molar refractivity (Wildman–Crippen MR) is 63.8 cm³/mol. The molecule has 1 heterocycles. The molecule has 1 aromatic heterocycles. The standard InChI is InChI=1S/C11H15BrN2O/c12-9-3-4-10(13-7-9)14-11(8-15)5-1-2-6-11/h3-4,7,15H,1-2,5-6,8H2,(H,13,14). The Morgan fingerprint density at radius 2 is 2.13 bits per heavy atom. The lowest BCUT2D eigenvalue weighted by molar-refractivity contribution is 0.214. The molecule has 82 valence electrons. The first kappa shape index (κ1) is 10.9. The molecular weight excluding hydrogens is 256 g/mol. The van der Waals surface area contributed by atoms with E-state index in [-0.39, 0.29) is 12.1 Å². The summed E-state index contributed by atoms with van der Waals surface area (Å²) in [6, 6.07) is 3.88. The minimum Gasteiger partial charge on any atom is -0.394 e. The summed E-state index contributed by atoms with van der Waals surface area (Å²) in [5, 5.41) is 12.8. The monoisotopic (exact) mass is 270 g/mol. The molecule has 0 radical (unpaired) electrons. The Morgan fingerprint density at radius 1 is 1.40 bits per heavy atom. The van der Waals surface area contributed by atoms with Gasteiger partial charge in [0.1, 0.15) is 5.82 Å². The molecule has 2 N–H and O–H groups in total. The molecular formula is C11H15BrN2O. The summed E-state index contributed by atoms with van der Waals surface area (Å²) in [6.45, 7) is 0.185. The zero-order valence-electron chi connectivity index (χ0n) is 8.54. The maximum Gasteiger partial charge on any atom is 0.126 e. The third-order valence-electron chi connectivity index (χ3n) is 2.98. The van der Waals surface area contributed by atoms with Gasteiger partial charge in [-0.05, 0) is 40.9 Å². The Labute approximate surface area is 98.0 Å². The van der Waals surface area contributed by atoms with Gasteiger partial charge in [-0.2, -0.15) is 0 Å². The summed E-state index contributed by atoms with van der Waals surface area (Å²) < 4.78 is 0.970. The molecule has 0 aromatic carbocycles. The fraction of sp³-hybridized carbons (Fsp3) is 0.545. The van der Waals surface area contributed by atoms with Crippen molar-refractivity contribution >= 4 is 21.7 Å². The Morgan fingerprint density at radius 3 is 2.67 bits per heavy atom. The maximum atomic E-state index is 9.43. The highest BCUT2D eigenvalue weighted by molar-refractivity contribution is 9.10. The first-order chi connectivity index (χ1) is 7.24. The lowest BCUT2D eigenvalue weighted by Crippen LogP contribution is -2.39. The van der Waals surface area contributed by atoms with Gasteiger partial charge in [-0.15, -0.1) is 0 Å². The average Bonchev–Trinajstić information content (AvgIpc) is 2.71. The molecule has 3 nitrogen and oxygen atoms in total. The highest BCUT2D eigenvalue weighted by Gasteiger charge is 2.33. The lowest BCUT2D eigenvalue weighted by Gasteiger charge is -2.28. The van der Waals surface area contributed by atoms with Gasteiger partial charge in [0.05, 0.1) is 12.1 Å². The molecule has 1 saturated carbocycles. The molecule has 0 unspecified atom stereocenters. The number of nitrogens with zero attached hydrogens (tertiary/aromatic N) is 1. The molecule has 2 rings (SSSR count). The number of pyridine rings is 1. The van der Waals surface area contributed by atoms with E-state index < -0.39 is 0 Å². The third kappa shape index (κ3) is 2.49.